The smallest absolute Gasteiger partial charge is 0.338 e. The SMILES string of the molecule is CNC(=O)COC(=O)c1cccc(NC(=O)C2CC2)c1. The summed E-state index contributed by atoms with van der Waals surface area (Å²) in [4.78, 5) is 34.4. The third-order valence-electron chi connectivity index (χ3n) is 2.93. The Kier molecular flexibility index (Phi) is 4.34. The van der Waals surface area contributed by atoms with E-state index in [4.69, 9.17) is 4.74 Å². The number of amides is 2. The molecule has 1 aromatic rings. The standard InChI is InChI=1S/C14H16N2O4/c1-15-12(17)8-20-14(19)10-3-2-4-11(7-10)16-13(18)9-5-6-9/h2-4,7,9H,5-6,8H2,1H3,(H,15,17)(H,16,18). The van der Waals surface area contributed by atoms with Crippen molar-refractivity contribution in [3.63, 3.8) is 0 Å². The Morgan fingerprint density at radius 3 is 2.70 bits per heavy atom. The average molecular weight is 276 g/mol. The van der Waals surface area contributed by atoms with Crippen molar-refractivity contribution in [3.8, 4) is 0 Å². The highest BCUT2D eigenvalue weighted by Crippen LogP contribution is 2.30. The molecule has 106 valence electrons. The minimum atomic E-state index is -0.601. The molecule has 20 heavy (non-hydrogen) atoms. The van der Waals surface area contributed by atoms with E-state index < -0.39 is 5.97 Å². The van der Waals surface area contributed by atoms with Crippen molar-refractivity contribution < 1.29 is 19.1 Å². The van der Waals surface area contributed by atoms with Crippen LogP contribution in [0, 0.1) is 5.92 Å². The van der Waals surface area contributed by atoms with E-state index >= 15 is 0 Å². The molecule has 0 aliphatic heterocycles. The Morgan fingerprint density at radius 2 is 2.05 bits per heavy atom. The minimum absolute atomic E-state index is 0.0270. The van der Waals surface area contributed by atoms with Crippen molar-refractivity contribution in [1.82, 2.24) is 5.32 Å². The van der Waals surface area contributed by atoms with Crippen LogP contribution >= 0.6 is 0 Å². The van der Waals surface area contributed by atoms with Crippen molar-refractivity contribution in [2.75, 3.05) is 19.0 Å². The van der Waals surface area contributed by atoms with Crippen LogP contribution in [0.4, 0.5) is 5.69 Å². The molecule has 0 bridgehead atoms. The molecule has 0 atom stereocenters. The number of anilines is 1. The summed E-state index contributed by atoms with van der Waals surface area (Å²) in [7, 11) is 1.46. The number of carbonyl (C=O) groups is 3. The molecule has 6 nitrogen and oxygen atoms in total. The van der Waals surface area contributed by atoms with Crippen LogP contribution in [-0.4, -0.2) is 31.4 Å². The highest BCUT2D eigenvalue weighted by atomic mass is 16.5. The minimum Gasteiger partial charge on any atom is -0.452 e. The van der Waals surface area contributed by atoms with Crippen LogP contribution in [0.2, 0.25) is 0 Å². The number of esters is 1. The summed E-state index contributed by atoms with van der Waals surface area (Å²) < 4.78 is 4.84. The number of ether oxygens (including phenoxy) is 1. The summed E-state index contributed by atoms with van der Waals surface area (Å²) >= 11 is 0. The highest BCUT2D eigenvalue weighted by Gasteiger charge is 2.29. The zero-order chi connectivity index (χ0) is 14.5. The van der Waals surface area contributed by atoms with E-state index in [1.54, 1.807) is 18.2 Å². The Bertz CT molecular complexity index is 538. The van der Waals surface area contributed by atoms with Gasteiger partial charge >= 0.3 is 5.97 Å². The summed E-state index contributed by atoms with van der Waals surface area (Å²) in [5, 5.41) is 5.10. The fourth-order valence-corrected chi connectivity index (χ4v) is 1.60. The molecule has 0 spiro atoms. The molecule has 1 aromatic carbocycles. The molecule has 1 saturated carbocycles. The fraction of sp³-hybridized carbons (Fsp3) is 0.357. The van der Waals surface area contributed by atoms with Crippen molar-refractivity contribution in [2.24, 2.45) is 5.92 Å². The van der Waals surface area contributed by atoms with Crippen LogP contribution in [0.3, 0.4) is 0 Å². The average Bonchev–Trinajstić information content (AvgIpc) is 3.29. The summed E-state index contributed by atoms with van der Waals surface area (Å²) in [6.07, 6.45) is 1.83. The van der Waals surface area contributed by atoms with Crippen molar-refractivity contribution in [3.05, 3.63) is 29.8 Å². The van der Waals surface area contributed by atoms with Crippen LogP contribution in [0.5, 0.6) is 0 Å². The number of likely N-dealkylation sites (N-methyl/N-ethyl adjacent to an activating group) is 1. The van der Waals surface area contributed by atoms with Gasteiger partial charge in [0.15, 0.2) is 6.61 Å². The van der Waals surface area contributed by atoms with Gasteiger partial charge in [0.25, 0.3) is 5.91 Å². The van der Waals surface area contributed by atoms with Crippen molar-refractivity contribution in [1.29, 1.82) is 0 Å². The zero-order valence-corrected chi connectivity index (χ0v) is 11.1. The number of nitrogens with one attached hydrogen (secondary N) is 2. The molecule has 0 unspecified atom stereocenters. The molecule has 0 saturated heterocycles. The number of rotatable bonds is 5. The van der Waals surface area contributed by atoms with Gasteiger partial charge in [-0.1, -0.05) is 6.07 Å². The van der Waals surface area contributed by atoms with Gasteiger partial charge in [-0.05, 0) is 31.0 Å². The number of hydrogen-bond acceptors (Lipinski definition) is 4. The molecule has 0 heterocycles. The molecule has 6 heteroatoms. The summed E-state index contributed by atoms with van der Waals surface area (Å²) in [6, 6.07) is 6.46. The lowest BCUT2D eigenvalue weighted by molar-refractivity contribution is -0.123. The van der Waals surface area contributed by atoms with E-state index in [0.29, 0.717) is 11.3 Å². The monoisotopic (exact) mass is 276 g/mol. The molecule has 0 aromatic heterocycles. The maximum atomic E-state index is 11.7. The molecule has 1 aliphatic carbocycles. The topological polar surface area (TPSA) is 84.5 Å². The van der Waals surface area contributed by atoms with E-state index in [9.17, 15) is 14.4 Å². The second-order valence-corrected chi connectivity index (χ2v) is 4.59. The Labute approximate surface area is 116 Å². The van der Waals surface area contributed by atoms with Gasteiger partial charge < -0.3 is 15.4 Å². The number of carbonyl (C=O) groups excluding carboxylic acids is 3. The lowest BCUT2D eigenvalue weighted by Gasteiger charge is -2.07. The largest absolute Gasteiger partial charge is 0.452 e. The second-order valence-electron chi connectivity index (χ2n) is 4.59. The van der Waals surface area contributed by atoms with E-state index in [2.05, 4.69) is 10.6 Å². The van der Waals surface area contributed by atoms with Crippen LogP contribution < -0.4 is 10.6 Å². The first kappa shape index (κ1) is 14.0. The number of hydrogen-bond donors (Lipinski definition) is 2. The van der Waals surface area contributed by atoms with Gasteiger partial charge in [0, 0.05) is 18.7 Å². The van der Waals surface area contributed by atoms with Crippen LogP contribution in [0.15, 0.2) is 24.3 Å². The molecular weight excluding hydrogens is 260 g/mol. The van der Waals surface area contributed by atoms with Gasteiger partial charge in [-0.2, -0.15) is 0 Å². The highest BCUT2D eigenvalue weighted by molar-refractivity contribution is 5.96. The quantitative estimate of drug-likeness (QED) is 0.784. The Balaban J connectivity index is 1.95. The predicted octanol–water partition coefficient (Wildman–Crippen LogP) is 0.938. The van der Waals surface area contributed by atoms with Crippen LogP contribution in [0.1, 0.15) is 23.2 Å². The van der Waals surface area contributed by atoms with Gasteiger partial charge in [0.1, 0.15) is 0 Å². The first-order chi connectivity index (χ1) is 9.60. The van der Waals surface area contributed by atoms with E-state index in [-0.39, 0.29) is 24.3 Å². The fourth-order valence-electron chi connectivity index (χ4n) is 1.60. The normalized spacial score (nSPS) is 13.4. The van der Waals surface area contributed by atoms with Gasteiger partial charge in [0.05, 0.1) is 5.56 Å². The molecule has 2 rings (SSSR count). The zero-order valence-electron chi connectivity index (χ0n) is 11.1. The maximum absolute atomic E-state index is 11.7. The lowest BCUT2D eigenvalue weighted by atomic mass is 10.2. The van der Waals surface area contributed by atoms with Crippen LogP contribution in [0.25, 0.3) is 0 Å². The third kappa shape index (κ3) is 3.81. The molecule has 2 N–H and O–H groups in total. The van der Waals surface area contributed by atoms with E-state index in [0.717, 1.165) is 12.8 Å². The molecule has 1 fully saturated rings. The van der Waals surface area contributed by atoms with Crippen molar-refractivity contribution in [2.45, 2.75) is 12.8 Å². The summed E-state index contributed by atoms with van der Waals surface area (Å²) in [5.74, 6) is -0.910. The third-order valence-corrected chi connectivity index (χ3v) is 2.93. The van der Waals surface area contributed by atoms with Gasteiger partial charge in [-0.3, -0.25) is 9.59 Å². The van der Waals surface area contributed by atoms with Crippen molar-refractivity contribution >= 4 is 23.5 Å². The van der Waals surface area contributed by atoms with Gasteiger partial charge in [-0.25, -0.2) is 4.79 Å². The van der Waals surface area contributed by atoms with Crippen LogP contribution in [-0.2, 0) is 14.3 Å². The Hall–Kier alpha value is -2.37. The van der Waals surface area contributed by atoms with E-state index in [1.807, 2.05) is 0 Å². The Morgan fingerprint density at radius 1 is 1.30 bits per heavy atom. The first-order valence-corrected chi connectivity index (χ1v) is 6.39. The second kappa shape index (κ2) is 6.18. The maximum Gasteiger partial charge on any atom is 0.338 e. The van der Waals surface area contributed by atoms with Gasteiger partial charge in [0.2, 0.25) is 5.91 Å². The molecule has 2 amide bonds. The lowest BCUT2D eigenvalue weighted by Crippen LogP contribution is -2.25. The summed E-state index contributed by atoms with van der Waals surface area (Å²) in [5.41, 5.74) is 0.846. The molecular formula is C14H16N2O4. The summed E-state index contributed by atoms with van der Waals surface area (Å²) in [6.45, 7) is -0.325. The number of benzene rings is 1. The van der Waals surface area contributed by atoms with E-state index in [1.165, 1.54) is 13.1 Å². The van der Waals surface area contributed by atoms with Gasteiger partial charge in [-0.15, -0.1) is 0 Å². The predicted molar refractivity (Wildman–Crippen MR) is 72.1 cm³/mol. The first-order valence-electron chi connectivity index (χ1n) is 6.39. The molecule has 1 aliphatic rings. The molecule has 0 radical (unpaired) electrons.